The highest BCUT2D eigenvalue weighted by atomic mass is 32.1. The highest BCUT2D eigenvalue weighted by Crippen LogP contribution is 2.14. The number of nitrogens with zero attached hydrogens (tertiary/aromatic N) is 2. The summed E-state index contributed by atoms with van der Waals surface area (Å²) in [5, 5.41) is 1.99. The molecule has 0 aliphatic heterocycles. The Bertz CT molecular complexity index is 509. The Labute approximate surface area is 108 Å². The maximum absolute atomic E-state index is 11.5. The molecule has 0 atom stereocenters. The molecule has 2 aromatic heterocycles. The lowest BCUT2D eigenvalue weighted by Gasteiger charge is -2.14. The van der Waals surface area contributed by atoms with Crippen molar-refractivity contribution < 1.29 is 9.21 Å². The predicted octanol–water partition coefficient (Wildman–Crippen LogP) is 0.972. The number of rotatable bonds is 5. The minimum atomic E-state index is -0.346. The van der Waals surface area contributed by atoms with Crippen LogP contribution in [-0.4, -0.2) is 22.8 Å². The van der Waals surface area contributed by atoms with Crippen molar-refractivity contribution in [3.63, 3.8) is 0 Å². The first kappa shape index (κ1) is 12.7. The molecular formula is C11H14N4O2S. The number of nitrogens with one attached hydrogen (secondary N) is 1. The molecule has 0 unspecified atom stereocenters. The molecule has 0 radical (unpaired) electrons. The number of aromatic nitrogens is 1. The third-order valence-corrected chi connectivity index (χ3v) is 3.09. The molecule has 0 aromatic carbocycles. The molecule has 0 aliphatic rings. The maximum Gasteiger partial charge on any atom is 0.268 e. The number of hydrogen-bond donors (Lipinski definition) is 2. The second-order valence-electron chi connectivity index (χ2n) is 3.88. The van der Waals surface area contributed by atoms with Gasteiger partial charge in [0.1, 0.15) is 5.76 Å². The van der Waals surface area contributed by atoms with Crippen molar-refractivity contribution in [1.29, 1.82) is 0 Å². The van der Waals surface area contributed by atoms with E-state index in [9.17, 15) is 4.79 Å². The fourth-order valence-corrected chi connectivity index (χ4v) is 2.19. The van der Waals surface area contributed by atoms with Gasteiger partial charge < -0.3 is 4.42 Å². The highest BCUT2D eigenvalue weighted by molar-refractivity contribution is 7.07. The summed E-state index contributed by atoms with van der Waals surface area (Å²) in [4.78, 5) is 17.7. The van der Waals surface area contributed by atoms with Gasteiger partial charge in [0.25, 0.3) is 5.91 Å². The molecule has 0 saturated carbocycles. The van der Waals surface area contributed by atoms with Crippen LogP contribution in [0.4, 0.5) is 0 Å². The Morgan fingerprint density at radius 3 is 3.11 bits per heavy atom. The van der Waals surface area contributed by atoms with Gasteiger partial charge in [0, 0.05) is 11.9 Å². The topological polar surface area (TPSA) is 84.4 Å². The number of furan rings is 1. The minimum Gasteiger partial charge on any atom is -0.467 e. The molecule has 6 nitrogen and oxygen atoms in total. The average molecular weight is 266 g/mol. The van der Waals surface area contributed by atoms with Crippen LogP contribution >= 0.6 is 11.3 Å². The molecule has 18 heavy (non-hydrogen) atoms. The molecule has 2 rings (SSSR count). The lowest BCUT2D eigenvalue weighted by Crippen LogP contribution is -2.31. The zero-order valence-corrected chi connectivity index (χ0v) is 10.7. The van der Waals surface area contributed by atoms with Gasteiger partial charge in [-0.1, -0.05) is 0 Å². The Balaban J connectivity index is 2.01. The van der Waals surface area contributed by atoms with E-state index in [0.717, 1.165) is 5.69 Å². The zero-order chi connectivity index (χ0) is 13.0. The third kappa shape index (κ3) is 2.95. The van der Waals surface area contributed by atoms with Crippen molar-refractivity contribution in [2.24, 2.45) is 5.84 Å². The summed E-state index contributed by atoms with van der Waals surface area (Å²) < 4.78 is 5.30. The van der Waals surface area contributed by atoms with E-state index in [4.69, 9.17) is 10.3 Å². The number of hydrazine groups is 1. The zero-order valence-electron chi connectivity index (χ0n) is 9.92. The van der Waals surface area contributed by atoms with Crippen molar-refractivity contribution >= 4 is 17.2 Å². The van der Waals surface area contributed by atoms with Gasteiger partial charge in [-0.05, 0) is 13.1 Å². The van der Waals surface area contributed by atoms with Crippen molar-refractivity contribution in [2.75, 3.05) is 7.05 Å². The Morgan fingerprint density at radius 1 is 1.61 bits per heavy atom. The van der Waals surface area contributed by atoms with E-state index in [1.54, 1.807) is 22.9 Å². The second-order valence-corrected chi connectivity index (χ2v) is 4.60. The van der Waals surface area contributed by atoms with Gasteiger partial charge in [-0.15, -0.1) is 11.3 Å². The van der Waals surface area contributed by atoms with Crippen molar-refractivity contribution in [1.82, 2.24) is 15.3 Å². The molecule has 0 saturated heterocycles. The maximum atomic E-state index is 11.5. The van der Waals surface area contributed by atoms with E-state index in [1.807, 2.05) is 17.3 Å². The Morgan fingerprint density at radius 2 is 2.44 bits per heavy atom. The first-order valence-electron chi connectivity index (χ1n) is 5.33. The van der Waals surface area contributed by atoms with Crippen molar-refractivity contribution in [3.8, 4) is 0 Å². The molecule has 1 amide bonds. The number of nitrogen functional groups attached to an aromatic ring is 1. The fraction of sp³-hybridized carbons (Fsp3) is 0.273. The molecule has 0 bridgehead atoms. The first-order valence-corrected chi connectivity index (χ1v) is 6.28. The average Bonchev–Trinajstić information content (AvgIpc) is 2.99. The van der Waals surface area contributed by atoms with Gasteiger partial charge >= 0.3 is 0 Å². The van der Waals surface area contributed by atoms with Gasteiger partial charge in [0.2, 0.25) is 0 Å². The molecule has 96 valence electrons. The predicted molar refractivity (Wildman–Crippen MR) is 67.6 cm³/mol. The molecule has 7 heteroatoms. The molecule has 2 aromatic rings. The quantitative estimate of drug-likeness (QED) is 0.478. The lowest BCUT2D eigenvalue weighted by molar-refractivity contribution is 0.0950. The van der Waals surface area contributed by atoms with E-state index < -0.39 is 0 Å². The molecule has 2 heterocycles. The monoisotopic (exact) mass is 266 g/mol. The van der Waals surface area contributed by atoms with Crippen LogP contribution in [0.1, 0.15) is 21.8 Å². The van der Waals surface area contributed by atoms with Crippen LogP contribution < -0.4 is 11.3 Å². The summed E-state index contributed by atoms with van der Waals surface area (Å²) in [6, 6.07) is 1.61. The fourth-order valence-electron chi connectivity index (χ4n) is 1.64. The summed E-state index contributed by atoms with van der Waals surface area (Å²) in [5.74, 6) is 5.36. The van der Waals surface area contributed by atoms with Crippen molar-refractivity contribution in [3.05, 3.63) is 40.2 Å². The van der Waals surface area contributed by atoms with E-state index in [-0.39, 0.29) is 5.91 Å². The highest BCUT2D eigenvalue weighted by Gasteiger charge is 2.15. The SMILES string of the molecule is CN(Cc1cscn1)Cc1occc1C(=O)NN. The van der Waals surface area contributed by atoms with Crippen LogP contribution in [0.3, 0.4) is 0 Å². The Kier molecular flexibility index (Phi) is 4.08. The number of hydrogen-bond acceptors (Lipinski definition) is 6. The number of thiazole rings is 1. The summed E-state index contributed by atoms with van der Waals surface area (Å²) in [6.45, 7) is 1.22. The number of amides is 1. The number of carbonyl (C=O) groups excluding carboxylic acids is 1. The van der Waals surface area contributed by atoms with Crippen LogP contribution in [-0.2, 0) is 13.1 Å². The van der Waals surface area contributed by atoms with Gasteiger partial charge in [-0.3, -0.25) is 15.1 Å². The summed E-state index contributed by atoms with van der Waals surface area (Å²) in [7, 11) is 1.94. The second kappa shape index (κ2) is 5.76. The summed E-state index contributed by atoms with van der Waals surface area (Å²) in [6.07, 6.45) is 1.48. The number of carbonyl (C=O) groups is 1. The Hall–Kier alpha value is -1.70. The summed E-state index contributed by atoms with van der Waals surface area (Å²) >= 11 is 1.56. The third-order valence-electron chi connectivity index (χ3n) is 2.45. The molecule has 0 fully saturated rings. The number of nitrogens with two attached hydrogens (primary N) is 1. The minimum absolute atomic E-state index is 0.346. The van der Waals surface area contributed by atoms with Gasteiger partial charge in [0.15, 0.2) is 0 Å². The van der Waals surface area contributed by atoms with E-state index >= 15 is 0 Å². The first-order chi connectivity index (χ1) is 8.70. The lowest BCUT2D eigenvalue weighted by atomic mass is 10.2. The standard InChI is InChI=1S/C11H14N4O2S/c1-15(4-8-6-18-7-13-8)5-10-9(2-3-17-10)11(16)14-12/h2-3,6-7H,4-5,12H2,1H3,(H,14,16). The van der Waals surface area contributed by atoms with Crippen LogP contribution in [0.15, 0.2) is 27.6 Å². The van der Waals surface area contributed by atoms with Crippen molar-refractivity contribution in [2.45, 2.75) is 13.1 Å². The smallest absolute Gasteiger partial charge is 0.268 e. The normalized spacial score (nSPS) is 10.8. The molecule has 0 aliphatic carbocycles. The largest absolute Gasteiger partial charge is 0.467 e. The molecule has 0 spiro atoms. The van der Waals surface area contributed by atoms with Crippen LogP contribution in [0, 0.1) is 0 Å². The van der Waals surface area contributed by atoms with Gasteiger partial charge in [-0.25, -0.2) is 10.8 Å². The van der Waals surface area contributed by atoms with E-state index in [2.05, 4.69) is 10.4 Å². The van der Waals surface area contributed by atoms with Gasteiger partial charge in [-0.2, -0.15) is 0 Å². The summed E-state index contributed by atoms with van der Waals surface area (Å²) in [5.41, 5.74) is 5.35. The van der Waals surface area contributed by atoms with E-state index in [0.29, 0.717) is 24.4 Å². The van der Waals surface area contributed by atoms with Crippen LogP contribution in [0.25, 0.3) is 0 Å². The van der Waals surface area contributed by atoms with Gasteiger partial charge in [0.05, 0.1) is 29.6 Å². The van der Waals surface area contributed by atoms with Crippen LogP contribution in [0.5, 0.6) is 0 Å². The molecule has 3 N–H and O–H groups in total. The van der Waals surface area contributed by atoms with Crippen LogP contribution in [0.2, 0.25) is 0 Å². The van der Waals surface area contributed by atoms with E-state index in [1.165, 1.54) is 6.26 Å². The molecular weight excluding hydrogens is 252 g/mol.